The fourth-order valence-electron chi connectivity index (χ4n) is 1.38. The van der Waals surface area contributed by atoms with E-state index in [0.29, 0.717) is 10.9 Å². The summed E-state index contributed by atoms with van der Waals surface area (Å²) in [5.41, 5.74) is -0.0926. The van der Waals surface area contributed by atoms with Crippen LogP contribution in [0.1, 0.15) is 11.3 Å². The molecule has 0 aliphatic rings. The van der Waals surface area contributed by atoms with Crippen molar-refractivity contribution in [3.8, 4) is 0 Å². The van der Waals surface area contributed by atoms with Crippen LogP contribution in [0.15, 0.2) is 24.3 Å². The fraction of sp³-hybridized carbons (Fsp3) is 0.0909. The first kappa shape index (κ1) is 11.2. The fourth-order valence-corrected chi connectivity index (χ4v) is 1.63. The molecule has 16 heavy (non-hydrogen) atoms. The monoisotopic (exact) mass is 244 g/mol. The van der Waals surface area contributed by atoms with Gasteiger partial charge in [0.15, 0.2) is 0 Å². The van der Waals surface area contributed by atoms with Crippen molar-refractivity contribution < 1.29 is 13.2 Å². The Hall–Kier alpha value is -1.29. The molecule has 5 heteroatoms. The molecule has 0 saturated carbocycles. The SMILES string of the molecule is [CH2]c1ccc2nc(C(F)(F)F)cc(Cl)c2c1. The molecule has 83 valence electrons. The number of hydrogen-bond acceptors (Lipinski definition) is 1. The van der Waals surface area contributed by atoms with Crippen LogP contribution in [0.5, 0.6) is 0 Å². The first-order chi connectivity index (χ1) is 7.38. The second-order valence-electron chi connectivity index (χ2n) is 3.34. The van der Waals surface area contributed by atoms with Crippen molar-refractivity contribution in [2.45, 2.75) is 6.18 Å². The van der Waals surface area contributed by atoms with E-state index in [0.717, 1.165) is 6.07 Å². The lowest BCUT2D eigenvalue weighted by Crippen LogP contribution is -2.07. The van der Waals surface area contributed by atoms with Gasteiger partial charge in [0.05, 0.1) is 10.5 Å². The summed E-state index contributed by atoms with van der Waals surface area (Å²) in [6, 6.07) is 5.48. The zero-order valence-corrected chi connectivity index (χ0v) is 8.73. The highest BCUT2D eigenvalue weighted by molar-refractivity contribution is 6.35. The van der Waals surface area contributed by atoms with E-state index >= 15 is 0 Å². The van der Waals surface area contributed by atoms with Gasteiger partial charge in [-0.25, -0.2) is 4.98 Å². The van der Waals surface area contributed by atoms with E-state index in [2.05, 4.69) is 11.9 Å². The highest BCUT2D eigenvalue weighted by Crippen LogP contribution is 2.32. The second kappa shape index (κ2) is 3.63. The number of nitrogens with zero attached hydrogens (tertiary/aromatic N) is 1. The molecule has 2 aromatic rings. The maximum atomic E-state index is 12.4. The van der Waals surface area contributed by atoms with Crippen LogP contribution in [0.25, 0.3) is 10.9 Å². The number of hydrogen-bond donors (Lipinski definition) is 0. The zero-order valence-electron chi connectivity index (χ0n) is 7.98. The Balaban J connectivity index is 2.74. The summed E-state index contributed by atoms with van der Waals surface area (Å²) >= 11 is 5.77. The third kappa shape index (κ3) is 1.97. The number of fused-ring (bicyclic) bond motifs is 1. The van der Waals surface area contributed by atoms with Gasteiger partial charge in [-0.15, -0.1) is 0 Å². The van der Waals surface area contributed by atoms with Crippen molar-refractivity contribution >= 4 is 22.5 Å². The van der Waals surface area contributed by atoms with Crippen LogP contribution in [0, 0.1) is 6.92 Å². The third-order valence-electron chi connectivity index (χ3n) is 2.11. The summed E-state index contributed by atoms with van der Waals surface area (Å²) in [6.45, 7) is 3.67. The van der Waals surface area contributed by atoms with E-state index < -0.39 is 11.9 Å². The Morgan fingerprint density at radius 1 is 1.19 bits per heavy atom. The van der Waals surface area contributed by atoms with Gasteiger partial charge in [0.1, 0.15) is 5.69 Å². The van der Waals surface area contributed by atoms with Crippen LogP contribution in [0.2, 0.25) is 5.02 Å². The van der Waals surface area contributed by atoms with E-state index in [1.54, 1.807) is 12.1 Å². The van der Waals surface area contributed by atoms with E-state index in [1.807, 2.05) is 0 Å². The molecule has 0 unspecified atom stereocenters. The van der Waals surface area contributed by atoms with E-state index in [-0.39, 0.29) is 10.5 Å². The lowest BCUT2D eigenvalue weighted by Gasteiger charge is -2.08. The van der Waals surface area contributed by atoms with Gasteiger partial charge in [-0.1, -0.05) is 17.7 Å². The number of alkyl halides is 3. The Bertz CT molecular complexity index is 549. The van der Waals surface area contributed by atoms with Gasteiger partial charge in [-0.2, -0.15) is 13.2 Å². The molecule has 0 N–H and O–H groups in total. The minimum Gasteiger partial charge on any atom is -0.243 e. The van der Waals surface area contributed by atoms with E-state index in [4.69, 9.17) is 11.6 Å². The molecular weight excluding hydrogens is 239 g/mol. The molecule has 0 spiro atoms. The lowest BCUT2D eigenvalue weighted by molar-refractivity contribution is -0.140. The van der Waals surface area contributed by atoms with Gasteiger partial charge in [-0.3, -0.25) is 0 Å². The smallest absolute Gasteiger partial charge is 0.243 e. The van der Waals surface area contributed by atoms with Crippen molar-refractivity contribution in [3.63, 3.8) is 0 Å². The minimum absolute atomic E-state index is 0.0304. The summed E-state index contributed by atoms with van der Waals surface area (Å²) in [7, 11) is 0. The van der Waals surface area contributed by atoms with Gasteiger partial charge >= 0.3 is 6.18 Å². The van der Waals surface area contributed by atoms with Gasteiger partial charge in [0, 0.05) is 5.39 Å². The minimum atomic E-state index is -4.49. The van der Waals surface area contributed by atoms with Crippen LogP contribution in [-0.2, 0) is 6.18 Å². The summed E-state index contributed by atoms with van der Waals surface area (Å²) < 4.78 is 37.3. The topological polar surface area (TPSA) is 12.9 Å². The van der Waals surface area contributed by atoms with Gasteiger partial charge in [0.25, 0.3) is 0 Å². The normalized spacial score (nSPS) is 12.1. The standard InChI is InChI=1S/C11H6ClF3N/c1-6-2-3-9-7(4-6)8(12)5-10(16-9)11(13,14)15/h2-5H,1H2. The molecule has 1 aromatic carbocycles. The quantitative estimate of drug-likeness (QED) is 0.680. The number of pyridine rings is 1. The Kier molecular flexibility index (Phi) is 2.54. The molecule has 0 aliphatic carbocycles. The van der Waals surface area contributed by atoms with Crippen molar-refractivity contribution in [3.05, 3.63) is 47.5 Å². The van der Waals surface area contributed by atoms with Crippen molar-refractivity contribution in [2.75, 3.05) is 0 Å². The molecule has 0 saturated heterocycles. The second-order valence-corrected chi connectivity index (χ2v) is 3.75. The average molecular weight is 245 g/mol. The molecule has 1 heterocycles. The summed E-state index contributed by atoms with van der Waals surface area (Å²) in [5, 5.41) is 0.505. The lowest BCUT2D eigenvalue weighted by atomic mass is 10.1. The molecule has 1 radical (unpaired) electrons. The van der Waals surface area contributed by atoms with E-state index in [1.165, 1.54) is 6.07 Å². The predicted molar refractivity (Wildman–Crippen MR) is 56.2 cm³/mol. The highest BCUT2D eigenvalue weighted by Gasteiger charge is 2.33. The van der Waals surface area contributed by atoms with Gasteiger partial charge in [-0.05, 0) is 30.7 Å². The molecular formula is C11H6ClF3N. The van der Waals surface area contributed by atoms with Crippen molar-refractivity contribution in [1.82, 2.24) is 4.98 Å². The number of aromatic nitrogens is 1. The molecule has 0 aliphatic heterocycles. The molecule has 0 amide bonds. The third-order valence-corrected chi connectivity index (χ3v) is 2.43. The maximum Gasteiger partial charge on any atom is 0.433 e. The number of rotatable bonds is 0. The molecule has 0 atom stereocenters. The molecule has 0 fully saturated rings. The number of halogens is 4. The Morgan fingerprint density at radius 3 is 2.50 bits per heavy atom. The zero-order chi connectivity index (χ0) is 11.9. The first-order valence-electron chi connectivity index (χ1n) is 4.37. The predicted octanol–water partition coefficient (Wildman–Crippen LogP) is 4.09. The van der Waals surface area contributed by atoms with Crippen LogP contribution < -0.4 is 0 Å². The van der Waals surface area contributed by atoms with Crippen molar-refractivity contribution in [2.24, 2.45) is 0 Å². The Labute approximate surface area is 94.9 Å². The summed E-state index contributed by atoms with van der Waals surface area (Å²) in [6.07, 6.45) is -4.49. The van der Waals surface area contributed by atoms with Gasteiger partial charge < -0.3 is 0 Å². The maximum absolute atomic E-state index is 12.4. The summed E-state index contributed by atoms with van der Waals surface area (Å²) in [5.74, 6) is 0. The molecule has 0 bridgehead atoms. The molecule has 1 nitrogen and oxygen atoms in total. The molecule has 2 rings (SSSR count). The highest BCUT2D eigenvalue weighted by atomic mass is 35.5. The van der Waals surface area contributed by atoms with E-state index in [9.17, 15) is 13.2 Å². The summed E-state index contributed by atoms with van der Waals surface area (Å²) in [4.78, 5) is 3.51. The largest absolute Gasteiger partial charge is 0.433 e. The molecule has 1 aromatic heterocycles. The van der Waals surface area contributed by atoms with Gasteiger partial charge in [0.2, 0.25) is 0 Å². The Morgan fingerprint density at radius 2 is 1.88 bits per heavy atom. The van der Waals surface area contributed by atoms with Crippen LogP contribution >= 0.6 is 11.6 Å². The van der Waals surface area contributed by atoms with Crippen LogP contribution in [-0.4, -0.2) is 4.98 Å². The number of benzene rings is 1. The van der Waals surface area contributed by atoms with Crippen molar-refractivity contribution in [1.29, 1.82) is 0 Å². The van der Waals surface area contributed by atoms with Crippen LogP contribution in [0.4, 0.5) is 13.2 Å². The average Bonchev–Trinajstić information content (AvgIpc) is 2.17. The first-order valence-corrected chi connectivity index (χ1v) is 4.75. The van der Waals surface area contributed by atoms with Crippen LogP contribution in [0.3, 0.4) is 0 Å².